The average Bonchev–Trinajstić information content (AvgIpc) is 3.34. The zero-order valence-corrected chi connectivity index (χ0v) is 16.4. The van der Waals surface area contributed by atoms with E-state index in [0.29, 0.717) is 5.89 Å². The molecule has 0 fully saturated rings. The predicted octanol–water partition coefficient (Wildman–Crippen LogP) is 5.50. The van der Waals surface area contributed by atoms with Gasteiger partial charge in [0.15, 0.2) is 6.10 Å². The van der Waals surface area contributed by atoms with Gasteiger partial charge < -0.3 is 13.6 Å². The Kier molecular flexibility index (Phi) is 4.92. The molecular formula is C21H18N2O4S. The first kappa shape index (κ1) is 18.3. The number of nitrogens with zero attached hydrogens (tertiary/aromatic N) is 2. The van der Waals surface area contributed by atoms with Crippen LogP contribution < -0.4 is 0 Å². The largest absolute Gasteiger partial charge is 0.464 e. The Labute approximate surface area is 165 Å². The van der Waals surface area contributed by atoms with E-state index in [2.05, 4.69) is 40.7 Å². The van der Waals surface area contributed by atoms with Crippen LogP contribution in [0.1, 0.15) is 25.8 Å². The number of hydrogen-bond acceptors (Lipinski definition) is 7. The maximum absolute atomic E-state index is 11.1. The molecule has 0 amide bonds. The molecule has 7 heteroatoms. The van der Waals surface area contributed by atoms with Crippen LogP contribution in [0.25, 0.3) is 33.6 Å². The van der Waals surface area contributed by atoms with Gasteiger partial charge in [0, 0.05) is 28.3 Å². The first-order valence-corrected chi connectivity index (χ1v) is 9.94. The molecule has 0 spiro atoms. The second-order valence-electron chi connectivity index (χ2n) is 6.29. The molecule has 2 aromatic heterocycles. The van der Waals surface area contributed by atoms with Crippen molar-refractivity contribution in [1.29, 1.82) is 0 Å². The highest BCUT2D eigenvalue weighted by atomic mass is 32.2. The number of benzene rings is 2. The number of aromatic nitrogens is 2. The third-order valence-corrected chi connectivity index (χ3v) is 5.10. The van der Waals surface area contributed by atoms with E-state index in [1.807, 2.05) is 18.2 Å². The smallest absolute Gasteiger partial charge is 0.303 e. The van der Waals surface area contributed by atoms with Crippen molar-refractivity contribution in [2.45, 2.75) is 24.8 Å². The summed E-state index contributed by atoms with van der Waals surface area (Å²) in [6.45, 7) is 3.03. The van der Waals surface area contributed by atoms with E-state index in [1.54, 1.807) is 24.9 Å². The molecule has 0 N–H and O–H groups in total. The molecule has 6 nitrogen and oxygen atoms in total. The van der Waals surface area contributed by atoms with Crippen molar-refractivity contribution in [3.05, 3.63) is 54.6 Å². The molecule has 1 atom stereocenters. The van der Waals surface area contributed by atoms with Gasteiger partial charge in [-0.15, -0.1) is 22.0 Å². The van der Waals surface area contributed by atoms with Crippen LogP contribution in [0, 0.1) is 0 Å². The zero-order valence-electron chi connectivity index (χ0n) is 15.6. The van der Waals surface area contributed by atoms with E-state index in [9.17, 15) is 4.79 Å². The standard InChI is InChI=1S/C21H18N2O4S/c1-12(26-13(2)24)20-22-23-21(27-20)15-6-9-19-17(10-15)18(11-25-19)14-4-7-16(28-3)8-5-14/h4-12H,1-3H3. The molecule has 0 saturated heterocycles. The maximum atomic E-state index is 11.1. The molecule has 0 aliphatic rings. The number of furan rings is 1. The van der Waals surface area contributed by atoms with Gasteiger partial charge in [-0.25, -0.2) is 0 Å². The van der Waals surface area contributed by atoms with E-state index in [1.165, 1.54) is 11.8 Å². The van der Waals surface area contributed by atoms with E-state index in [-0.39, 0.29) is 5.89 Å². The minimum atomic E-state index is -0.595. The summed E-state index contributed by atoms with van der Waals surface area (Å²) in [5, 5.41) is 9.04. The van der Waals surface area contributed by atoms with E-state index < -0.39 is 12.1 Å². The van der Waals surface area contributed by atoms with Gasteiger partial charge in [0.25, 0.3) is 5.89 Å². The van der Waals surface area contributed by atoms with E-state index in [4.69, 9.17) is 13.6 Å². The molecule has 0 aliphatic carbocycles. The summed E-state index contributed by atoms with van der Waals surface area (Å²) in [5.41, 5.74) is 3.62. The van der Waals surface area contributed by atoms with E-state index in [0.717, 1.165) is 27.7 Å². The van der Waals surface area contributed by atoms with Crippen molar-refractivity contribution < 1.29 is 18.4 Å². The van der Waals surface area contributed by atoms with Crippen molar-refractivity contribution >= 4 is 28.7 Å². The Bertz CT molecular complexity index is 1130. The molecule has 2 aromatic carbocycles. The van der Waals surface area contributed by atoms with Gasteiger partial charge in [-0.3, -0.25) is 4.79 Å². The van der Waals surface area contributed by atoms with Crippen molar-refractivity contribution in [2.24, 2.45) is 0 Å². The van der Waals surface area contributed by atoms with Crippen LogP contribution in [0.2, 0.25) is 0 Å². The number of hydrogen-bond donors (Lipinski definition) is 0. The summed E-state index contributed by atoms with van der Waals surface area (Å²) in [7, 11) is 0. The minimum Gasteiger partial charge on any atom is -0.464 e. The second kappa shape index (κ2) is 7.52. The quantitative estimate of drug-likeness (QED) is 0.327. The highest BCUT2D eigenvalue weighted by Gasteiger charge is 2.18. The molecule has 4 aromatic rings. The fourth-order valence-corrected chi connectivity index (χ4v) is 3.38. The average molecular weight is 394 g/mol. The van der Waals surface area contributed by atoms with Gasteiger partial charge in [-0.2, -0.15) is 0 Å². The fraction of sp³-hybridized carbons (Fsp3) is 0.190. The molecular weight excluding hydrogens is 376 g/mol. The summed E-state index contributed by atoms with van der Waals surface area (Å²) in [6, 6.07) is 14.0. The molecule has 0 radical (unpaired) electrons. The van der Waals surface area contributed by atoms with Crippen molar-refractivity contribution in [1.82, 2.24) is 10.2 Å². The second-order valence-corrected chi connectivity index (χ2v) is 7.17. The molecule has 4 rings (SSSR count). The number of rotatable bonds is 5. The van der Waals surface area contributed by atoms with Gasteiger partial charge in [0.05, 0.1) is 6.26 Å². The molecule has 0 saturated carbocycles. The van der Waals surface area contributed by atoms with Crippen LogP contribution in [0.4, 0.5) is 0 Å². The Morgan fingerprint density at radius 3 is 2.57 bits per heavy atom. The van der Waals surface area contributed by atoms with E-state index >= 15 is 0 Å². The van der Waals surface area contributed by atoms with Crippen LogP contribution in [0.3, 0.4) is 0 Å². The maximum Gasteiger partial charge on any atom is 0.303 e. The first-order chi connectivity index (χ1) is 13.5. The molecule has 142 valence electrons. The lowest BCUT2D eigenvalue weighted by molar-refractivity contribution is -0.146. The fourth-order valence-electron chi connectivity index (χ4n) is 2.97. The number of esters is 1. The Hall–Kier alpha value is -3.06. The summed E-state index contributed by atoms with van der Waals surface area (Å²) < 4.78 is 16.5. The Balaban J connectivity index is 1.69. The van der Waals surface area contributed by atoms with Gasteiger partial charge >= 0.3 is 5.97 Å². The number of carbonyl (C=O) groups is 1. The number of fused-ring (bicyclic) bond motifs is 1. The van der Waals surface area contributed by atoms with Gasteiger partial charge in [-0.1, -0.05) is 12.1 Å². The lowest BCUT2D eigenvalue weighted by atomic mass is 10.0. The monoisotopic (exact) mass is 394 g/mol. The third kappa shape index (κ3) is 3.53. The van der Waals surface area contributed by atoms with Crippen LogP contribution in [-0.2, 0) is 9.53 Å². The highest BCUT2D eigenvalue weighted by Crippen LogP contribution is 2.34. The Morgan fingerprint density at radius 2 is 1.86 bits per heavy atom. The lowest BCUT2D eigenvalue weighted by Gasteiger charge is -2.05. The molecule has 1 unspecified atom stereocenters. The summed E-state index contributed by atoms with van der Waals surface area (Å²) in [4.78, 5) is 12.3. The highest BCUT2D eigenvalue weighted by molar-refractivity contribution is 7.98. The van der Waals surface area contributed by atoms with Crippen molar-refractivity contribution in [3.63, 3.8) is 0 Å². The zero-order chi connectivity index (χ0) is 19.7. The normalized spacial score (nSPS) is 12.2. The molecule has 2 heterocycles. The third-order valence-electron chi connectivity index (χ3n) is 4.35. The van der Waals surface area contributed by atoms with Crippen molar-refractivity contribution in [2.75, 3.05) is 6.26 Å². The lowest BCUT2D eigenvalue weighted by Crippen LogP contribution is -2.04. The molecule has 0 aliphatic heterocycles. The predicted molar refractivity (Wildman–Crippen MR) is 107 cm³/mol. The van der Waals surface area contributed by atoms with Crippen LogP contribution in [0.15, 0.2) is 62.5 Å². The summed E-state index contributed by atoms with van der Waals surface area (Å²) >= 11 is 1.70. The number of ether oxygens (including phenoxy) is 1. The summed E-state index contributed by atoms with van der Waals surface area (Å²) in [5.74, 6) is 0.218. The minimum absolute atomic E-state index is 0.255. The molecule has 28 heavy (non-hydrogen) atoms. The van der Waals surface area contributed by atoms with Crippen molar-refractivity contribution in [3.8, 4) is 22.6 Å². The topological polar surface area (TPSA) is 78.4 Å². The van der Waals surface area contributed by atoms with Gasteiger partial charge in [-0.05, 0) is 49.1 Å². The number of thioether (sulfide) groups is 1. The van der Waals surface area contributed by atoms with Crippen LogP contribution >= 0.6 is 11.8 Å². The van der Waals surface area contributed by atoms with Gasteiger partial charge in [0.2, 0.25) is 5.89 Å². The first-order valence-electron chi connectivity index (χ1n) is 8.72. The van der Waals surface area contributed by atoms with Gasteiger partial charge in [0.1, 0.15) is 5.58 Å². The molecule has 0 bridgehead atoms. The SMILES string of the molecule is CSc1ccc(-c2coc3ccc(-c4nnc(C(C)OC(C)=O)o4)cc23)cc1. The van der Waals surface area contributed by atoms with Crippen LogP contribution in [-0.4, -0.2) is 22.4 Å². The van der Waals surface area contributed by atoms with Crippen LogP contribution in [0.5, 0.6) is 0 Å². The Morgan fingerprint density at radius 1 is 1.11 bits per heavy atom. The number of carbonyl (C=O) groups excluding carboxylic acids is 1. The summed E-state index contributed by atoms with van der Waals surface area (Å²) in [6.07, 6.45) is 3.21.